The van der Waals surface area contributed by atoms with Crippen LogP contribution < -0.4 is 10.5 Å². The van der Waals surface area contributed by atoms with Crippen LogP contribution in [-0.2, 0) is 16.0 Å². The molecule has 0 spiro atoms. The molecular formula is C14H19NO4. The van der Waals surface area contributed by atoms with E-state index in [0.717, 1.165) is 24.5 Å². The van der Waals surface area contributed by atoms with Gasteiger partial charge in [-0.1, -0.05) is 19.1 Å². The molecule has 5 heteroatoms. The van der Waals surface area contributed by atoms with Crippen molar-refractivity contribution in [1.82, 2.24) is 0 Å². The quantitative estimate of drug-likeness (QED) is 0.803. The topological polar surface area (TPSA) is 81.8 Å². The molecule has 1 heterocycles. The van der Waals surface area contributed by atoms with Crippen LogP contribution in [0.5, 0.6) is 5.75 Å². The minimum absolute atomic E-state index is 0.0907. The number of ether oxygens (including phenoxy) is 2. The lowest BCUT2D eigenvalue weighted by atomic mass is 9.90. The van der Waals surface area contributed by atoms with Gasteiger partial charge in [0, 0.05) is 5.41 Å². The van der Waals surface area contributed by atoms with E-state index < -0.39 is 12.0 Å². The Balaban J connectivity index is 1.93. The summed E-state index contributed by atoms with van der Waals surface area (Å²) in [5, 5.41) is 8.79. The van der Waals surface area contributed by atoms with E-state index in [4.69, 9.17) is 20.3 Å². The van der Waals surface area contributed by atoms with Gasteiger partial charge < -0.3 is 20.3 Å². The lowest BCUT2D eigenvalue weighted by molar-refractivity contribution is -0.138. The maximum Gasteiger partial charge on any atom is 0.320 e. The largest absolute Gasteiger partial charge is 0.493 e. The first-order valence-electron chi connectivity index (χ1n) is 6.26. The fourth-order valence-corrected chi connectivity index (χ4v) is 1.89. The summed E-state index contributed by atoms with van der Waals surface area (Å²) in [6.07, 6.45) is 0.299. The van der Waals surface area contributed by atoms with E-state index in [0.29, 0.717) is 13.0 Å². The molecule has 1 unspecified atom stereocenters. The lowest BCUT2D eigenvalue weighted by Crippen LogP contribution is -2.44. The highest BCUT2D eigenvalue weighted by atomic mass is 16.5. The van der Waals surface area contributed by atoms with Gasteiger partial charge in [-0.25, -0.2) is 0 Å². The standard InChI is InChI=1S/C14H19NO4/c1-14(7-18-8-14)9-19-11-4-2-3-10(5-11)6-12(15)13(16)17/h2-5,12H,6-9,15H2,1H3,(H,16,17). The average Bonchev–Trinajstić information content (AvgIpc) is 2.34. The molecule has 1 fully saturated rings. The molecule has 0 aliphatic carbocycles. The molecule has 19 heavy (non-hydrogen) atoms. The van der Waals surface area contributed by atoms with Crippen LogP contribution in [-0.4, -0.2) is 36.9 Å². The van der Waals surface area contributed by atoms with Crippen LogP contribution in [0.2, 0.25) is 0 Å². The van der Waals surface area contributed by atoms with Crippen LogP contribution >= 0.6 is 0 Å². The van der Waals surface area contributed by atoms with E-state index in [9.17, 15) is 4.79 Å². The summed E-state index contributed by atoms with van der Waals surface area (Å²) < 4.78 is 10.9. The molecule has 1 saturated heterocycles. The second-order valence-electron chi connectivity index (χ2n) is 5.39. The SMILES string of the molecule is CC1(COc2cccc(CC(N)C(=O)O)c2)COC1. The van der Waals surface area contributed by atoms with Gasteiger partial charge in [-0.05, 0) is 24.1 Å². The zero-order valence-corrected chi connectivity index (χ0v) is 11.0. The zero-order valence-electron chi connectivity index (χ0n) is 11.0. The molecule has 0 saturated carbocycles. The number of benzene rings is 1. The number of carboxylic acids is 1. The minimum Gasteiger partial charge on any atom is -0.493 e. The number of carboxylic acid groups (broad SMARTS) is 1. The van der Waals surface area contributed by atoms with Crippen molar-refractivity contribution in [2.75, 3.05) is 19.8 Å². The van der Waals surface area contributed by atoms with Crippen LogP contribution in [0.15, 0.2) is 24.3 Å². The molecule has 1 aromatic carbocycles. The van der Waals surface area contributed by atoms with Gasteiger partial charge in [0.1, 0.15) is 11.8 Å². The van der Waals surface area contributed by atoms with E-state index >= 15 is 0 Å². The minimum atomic E-state index is -0.995. The maximum absolute atomic E-state index is 10.7. The monoisotopic (exact) mass is 265 g/mol. The second-order valence-corrected chi connectivity index (χ2v) is 5.39. The van der Waals surface area contributed by atoms with Crippen molar-refractivity contribution in [3.05, 3.63) is 29.8 Å². The first kappa shape index (κ1) is 13.8. The third-order valence-corrected chi connectivity index (χ3v) is 3.16. The molecule has 0 bridgehead atoms. The van der Waals surface area contributed by atoms with Gasteiger partial charge in [-0.2, -0.15) is 0 Å². The molecule has 1 aliphatic rings. The third kappa shape index (κ3) is 3.68. The molecule has 5 nitrogen and oxygen atoms in total. The van der Waals surface area contributed by atoms with E-state index in [-0.39, 0.29) is 5.41 Å². The van der Waals surface area contributed by atoms with Crippen molar-refractivity contribution in [3.8, 4) is 5.75 Å². The predicted octanol–water partition coefficient (Wildman–Crippen LogP) is 1.06. The normalized spacial score (nSPS) is 18.4. The lowest BCUT2D eigenvalue weighted by Gasteiger charge is -2.37. The van der Waals surface area contributed by atoms with E-state index in [1.165, 1.54) is 0 Å². The smallest absolute Gasteiger partial charge is 0.320 e. The molecular weight excluding hydrogens is 246 g/mol. The molecule has 3 N–H and O–H groups in total. The Morgan fingerprint density at radius 2 is 2.32 bits per heavy atom. The van der Waals surface area contributed by atoms with Crippen molar-refractivity contribution in [3.63, 3.8) is 0 Å². The number of hydrogen-bond acceptors (Lipinski definition) is 4. The summed E-state index contributed by atoms with van der Waals surface area (Å²) >= 11 is 0. The Kier molecular flexibility index (Phi) is 4.07. The fourth-order valence-electron chi connectivity index (χ4n) is 1.89. The van der Waals surface area contributed by atoms with Crippen LogP contribution in [0.25, 0.3) is 0 Å². The number of hydrogen-bond donors (Lipinski definition) is 2. The first-order chi connectivity index (χ1) is 8.98. The van der Waals surface area contributed by atoms with Crippen molar-refractivity contribution in [2.45, 2.75) is 19.4 Å². The maximum atomic E-state index is 10.7. The Morgan fingerprint density at radius 1 is 1.58 bits per heavy atom. The highest BCUT2D eigenvalue weighted by Gasteiger charge is 2.34. The molecule has 2 rings (SSSR count). The number of carbonyl (C=O) groups is 1. The number of aliphatic carboxylic acids is 1. The van der Waals surface area contributed by atoms with Gasteiger partial charge in [-0.3, -0.25) is 4.79 Å². The molecule has 1 aromatic rings. The Labute approximate surface area is 112 Å². The molecule has 104 valence electrons. The molecule has 1 atom stereocenters. The molecule has 1 aliphatic heterocycles. The second kappa shape index (κ2) is 5.59. The van der Waals surface area contributed by atoms with Crippen molar-refractivity contribution in [1.29, 1.82) is 0 Å². The molecule has 0 radical (unpaired) electrons. The van der Waals surface area contributed by atoms with Crippen LogP contribution in [0.4, 0.5) is 0 Å². The average molecular weight is 265 g/mol. The van der Waals surface area contributed by atoms with Crippen LogP contribution in [0, 0.1) is 5.41 Å². The van der Waals surface area contributed by atoms with Crippen molar-refractivity contribution >= 4 is 5.97 Å². The fraction of sp³-hybridized carbons (Fsp3) is 0.500. The van der Waals surface area contributed by atoms with Crippen molar-refractivity contribution < 1.29 is 19.4 Å². The summed E-state index contributed by atoms with van der Waals surface area (Å²) in [5.41, 5.74) is 6.47. The summed E-state index contributed by atoms with van der Waals surface area (Å²) in [7, 11) is 0. The summed E-state index contributed by atoms with van der Waals surface area (Å²) in [6.45, 7) is 4.15. The van der Waals surface area contributed by atoms with E-state index in [1.54, 1.807) is 0 Å². The Morgan fingerprint density at radius 3 is 2.89 bits per heavy atom. The van der Waals surface area contributed by atoms with Gasteiger partial charge in [0.15, 0.2) is 0 Å². The summed E-state index contributed by atoms with van der Waals surface area (Å²) in [5.74, 6) is -0.256. The van der Waals surface area contributed by atoms with E-state index in [1.807, 2.05) is 24.3 Å². The van der Waals surface area contributed by atoms with Gasteiger partial charge >= 0.3 is 5.97 Å². The third-order valence-electron chi connectivity index (χ3n) is 3.16. The van der Waals surface area contributed by atoms with E-state index in [2.05, 4.69) is 6.92 Å². The van der Waals surface area contributed by atoms with Crippen LogP contribution in [0.3, 0.4) is 0 Å². The highest BCUT2D eigenvalue weighted by molar-refractivity contribution is 5.73. The molecule has 0 aromatic heterocycles. The number of rotatable bonds is 6. The van der Waals surface area contributed by atoms with Gasteiger partial charge in [0.05, 0.1) is 19.8 Å². The Bertz CT molecular complexity index is 457. The first-order valence-corrected chi connectivity index (χ1v) is 6.26. The zero-order chi connectivity index (χ0) is 13.9. The predicted molar refractivity (Wildman–Crippen MR) is 70.2 cm³/mol. The summed E-state index contributed by atoms with van der Waals surface area (Å²) in [6, 6.07) is 6.51. The Hall–Kier alpha value is -1.59. The molecule has 0 amide bonds. The summed E-state index contributed by atoms with van der Waals surface area (Å²) in [4.78, 5) is 10.7. The number of nitrogens with two attached hydrogens (primary N) is 1. The van der Waals surface area contributed by atoms with Crippen LogP contribution in [0.1, 0.15) is 12.5 Å². The highest BCUT2D eigenvalue weighted by Crippen LogP contribution is 2.27. The van der Waals surface area contributed by atoms with Gasteiger partial charge in [-0.15, -0.1) is 0 Å². The van der Waals surface area contributed by atoms with Crippen molar-refractivity contribution in [2.24, 2.45) is 11.1 Å². The van der Waals surface area contributed by atoms with Gasteiger partial charge in [0.25, 0.3) is 0 Å². The van der Waals surface area contributed by atoms with Gasteiger partial charge in [0.2, 0.25) is 0 Å².